The molecule has 0 spiro atoms. The number of rotatable bonds is 5. The maximum Gasteiger partial charge on any atom is 0.233 e. The molecule has 0 saturated carbocycles. The molecule has 0 N–H and O–H groups in total. The van der Waals surface area contributed by atoms with Gasteiger partial charge in [-0.1, -0.05) is 49.2 Å². The van der Waals surface area contributed by atoms with Crippen molar-refractivity contribution in [3.8, 4) is 17.1 Å². The highest BCUT2D eigenvalue weighted by Gasteiger charge is 2.20. The van der Waals surface area contributed by atoms with Crippen LogP contribution in [0, 0.1) is 6.92 Å². The van der Waals surface area contributed by atoms with Gasteiger partial charge in [-0.3, -0.25) is 14.3 Å². The number of benzene rings is 1. The van der Waals surface area contributed by atoms with E-state index in [1.165, 1.54) is 31.0 Å². The molecule has 156 valence electrons. The van der Waals surface area contributed by atoms with Crippen molar-refractivity contribution < 1.29 is 4.79 Å². The van der Waals surface area contributed by atoms with E-state index >= 15 is 0 Å². The quantitative estimate of drug-likeness (QED) is 0.567. The van der Waals surface area contributed by atoms with E-state index in [4.69, 9.17) is 0 Å². The molecule has 1 aromatic carbocycles. The van der Waals surface area contributed by atoms with Crippen LogP contribution in [0.5, 0.6) is 0 Å². The van der Waals surface area contributed by atoms with Gasteiger partial charge < -0.3 is 4.90 Å². The van der Waals surface area contributed by atoms with Crippen molar-refractivity contribution in [3.63, 3.8) is 0 Å². The Morgan fingerprint density at radius 1 is 1.00 bits per heavy atom. The van der Waals surface area contributed by atoms with Gasteiger partial charge in [-0.2, -0.15) is 0 Å². The topological polar surface area (TPSA) is 63.9 Å². The van der Waals surface area contributed by atoms with Gasteiger partial charge in [0.15, 0.2) is 11.0 Å². The highest BCUT2D eigenvalue weighted by Crippen LogP contribution is 2.29. The molecule has 1 aliphatic heterocycles. The second kappa shape index (κ2) is 9.89. The van der Waals surface area contributed by atoms with Crippen LogP contribution in [0.1, 0.15) is 37.7 Å². The summed E-state index contributed by atoms with van der Waals surface area (Å²) < 4.78 is 2.04. The number of aromatic nitrogens is 4. The predicted molar refractivity (Wildman–Crippen MR) is 120 cm³/mol. The minimum absolute atomic E-state index is 0.184. The van der Waals surface area contributed by atoms with E-state index in [0.29, 0.717) is 5.75 Å². The highest BCUT2D eigenvalue weighted by molar-refractivity contribution is 7.99. The third-order valence-electron chi connectivity index (χ3n) is 5.44. The van der Waals surface area contributed by atoms with E-state index in [9.17, 15) is 4.79 Å². The number of aryl methyl sites for hydroxylation is 1. The lowest BCUT2D eigenvalue weighted by molar-refractivity contribution is -0.128. The van der Waals surface area contributed by atoms with Crippen LogP contribution in [-0.4, -0.2) is 49.4 Å². The zero-order chi connectivity index (χ0) is 20.8. The zero-order valence-corrected chi connectivity index (χ0v) is 18.1. The molecule has 30 heavy (non-hydrogen) atoms. The molecule has 1 fully saturated rings. The zero-order valence-electron chi connectivity index (χ0n) is 17.3. The third-order valence-corrected chi connectivity index (χ3v) is 6.36. The Balaban J connectivity index is 1.59. The van der Waals surface area contributed by atoms with Crippen LogP contribution in [0.4, 0.5) is 0 Å². The summed E-state index contributed by atoms with van der Waals surface area (Å²) in [5.41, 5.74) is 3.04. The van der Waals surface area contributed by atoms with E-state index in [0.717, 1.165) is 53.7 Å². The lowest BCUT2D eigenvalue weighted by Gasteiger charge is -2.24. The monoisotopic (exact) mass is 421 g/mol. The molecule has 2 aromatic heterocycles. The summed E-state index contributed by atoms with van der Waals surface area (Å²) in [4.78, 5) is 19.1. The van der Waals surface area contributed by atoms with Crippen molar-refractivity contribution in [2.45, 2.75) is 44.2 Å². The van der Waals surface area contributed by atoms with E-state index in [2.05, 4.69) is 34.2 Å². The summed E-state index contributed by atoms with van der Waals surface area (Å²) in [6.45, 7) is 3.80. The van der Waals surface area contributed by atoms with Gasteiger partial charge in [0.05, 0.1) is 11.4 Å². The van der Waals surface area contributed by atoms with Crippen molar-refractivity contribution >= 4 is 17.7 Å². The third kappa shape index (κ3) is 4.73. The SMILES string of the molecule is Cc1ccccc1-n1c(SCC(=O)N2CCCCCCC2)nnc1-c1cccnc1. The van der Waals surface area contributed by atoms with E-state index in [1.54, 1.807) is 12.4 Å². The summed E-state index contributed by atoms with van der Waals surface area (Å²) in [5, 5.41) is 9.61. The number of thioether (sulfide) groups is 1. The second-order valence-electron chi connectivity index (χ2n) is 7.61. The van der Waals surface area contributed by atoms with Crippen LogP contribution in [-0.2, 0) is 4.79 Å². The van der Waals surface area contributed by atoms with Crippen molar-refractivity contribution in [2.24, 2.45) is 0 Å². The van der Waals surface area contributed by atoms with Gasteiger partial charge >= 0.3 is 0 Å². The van der Waals surface area contributed by atoms with Crippen molar-refractivity contribution in [1.82, 2.24) is 24.6 Å². The maximum atomic E-state index is 12.9. The summed E-state index contributed by atoms with van der Waals surface area (Å²) in [6, 6.07) is 12.0. The molecule has 7 heteroatoms. The van der Waals surface area contributed by atoms with Gasteiger partial charge in [0.2, 0.25) is 5.91 Å². The van der Waals surface area contributed by atoms with E-state index < -0.39 is 0 Å². The van der Waals surface area contributed by atoms with Crippen LogP contribution < -0.4 is 0 Å². The Morgan fingerprint density at radius 3 is 2.50 bits per heavy atom. The summed E-state index contributed by atoms with van der Waals surface area (Å²) in [7, 11) is 0. The molecule has 0 aliphatic carbocycles. The normalized spacial score (nSPS) is 14.9. The first-order valence-corrected chi connectivity index (χ1v) is 11.5. The van der Waals surface area contributed by atoms with Crippen LogP contribution >= 0.6 is 11.8 Å². The molecule has 3 heterocycles. The number of hydrogen-bond donors (Lipinski definition) is 0. The van der Waals surface area contributed by atoms with Gasteiger partial charge in [0, 0.05) is 31.0 Å². The van der Waals surface area contributed by atoms with E-state index in [-0.39, 0.29) is 5.91 Å². The van der Waals surface area contributed by atoms with Crippen LogP contribution in [0.3, 0.4) is 0 Å². The fourth-order valence-corrected chi connectivity index (χ4v) is 4.64. The number of pyridine rings is 1. The molecule has 6 nitrogen and oxygen atoms in total. The molecule has 0 unspecified atom stereocenters. The van der Waals surface area contributed by atoms with Gasteiger partial charge in [-0.25, -0.2) is 0 Å². The smallest absolute Gasteiger partial charge is 0.233 e. The summed E-state index contributed by atoms with van der Waals surface area (Å²) in [6.07, 6.45) is 9.45. The lowest BCUT2D eigenvalue weighted by atomic mass is 10.1. The average Bonchev–Trinajstić information content (AvgIpc) is 3.16. The molecule has 1 aliphatic rings. The van der Waals surface area contributed by atoms with Gasteiger partial charge in [-0.05, 0) is 43.5 Å². The largest absolute Gasteiger partial charge is 0.342 e. The van der Waals surface area contributed by atoms with Crippen molar-refractivity contribution in [3.05, 3.63) is 54.4 Å². The highest BCUT2D eigenvalue weighted by atomic mass is 32.2. The Morgan fingerprint density at radius 2 is 1.77 bits per heavy atom. The van der Waals surface area contributed by atoms with E-state index in [1.807, 2.05) is 33.7 Å². The first kappa shape index (κ1) is 20.6. The Bertz CT molecular complexity index is 980. The molecule has 3 aromatic rings. The number of para-hydroxylation sites is 1. The minimum atomic E-state index is 0.184. The van der Waals surface area contributed by atoms with Crippen LogP contribution in [0.15, 0.2) is 53.9 Å². The number of amides is 1. The maximum absolute atomic E-state index is 12.9. The molecule has 1 saturated heterocycles. The lowest BCUT2D eigenvalue weighted by Crippen LogP contribution is -2.35. The number of likely N-dealkylation sites (tertiary alicyclic amines) is 1. The Hall–Kier alpha value is -2.67. The number of carbonyl (C=O) groups excluding carboxylic acids is 1. The molecular formula is C23H27N5OS. The van der Waals surface area contributed by atoms with Crippen molar-refractivity contribution in [1.29, 1.82) is 0 Å². The molecule has 0 bridgehead atoms. The summed E-state index contributed by atoms with van der Waals surface area (Å²) in [5.74, 6) is 1.29. The molecular weight excluding hydrogens is 394 g/mol. The number of carbonyl (C=O) groups is 1. The fourth-order valence-electron chi connectivity index (χ4n) is 3.79. The molecule has 0 radical (unpaired) electrons. The standard InChI is InChI=1S/C23H27N5OS/c1-18-10-5-6-12-20(18)28-22(19-11-9-13-24-16-19)25-26-23(28)30-17-21(29)27-14-7-3-2-4-8-15-27/h5-6,9-13,16H,2-4,7-8,14-15,17H2,1H3. The Kier molecular flexibility index (Phi) is 6.79. The van der Waals surface area contributed by atoms with Crippen molar-refractivity contribution in [2.75, 3.05) is 18.8 Å². The molecule has 1 amide bonds. The first-order valence-electron chi connectivity index (χ1n) is 10.6. The molecule has 4 rings (SSSR count). The molecule has 0 atom stereocenters. The first-order chi connectivity index (χ1) is 14.7. The van der Waals surface area contributed by atoms with Gasteiger partial charge in [0.25, 0.3) is 0 Å². The van der Waals surface area contributed by atoms with Gasteiger partial charge in [-0.15, -0.1) is 10.2 Å². The minimum Gasteiger partial charge on any atom is -0.342 e. The second-order valence-corrected chi connectivity index (χ2v) is 8.55. The summed E-state index contributed by atoms with van der Waals surface area (Å²) >= 11 is 1.46. The Labute approximate surface area is 181 Å². The average molecular weight is 422 g/mol. The van der Waals surface area contributed by atoms with Crippen LogP contribution in [0.2, 0.25) is 0 Å². The fraction of sp³-hybridized carbons (Fsp3) is 0.391. The van der Waals surface area contributed by atoms with Crippen LogP contribution in [0.25, 0.3) is 17.1 Å². The predicted octanol–water partition coefficient (Wildman–Crippen LogP) is 4.52. The van der Waals surface area contributed by atoms with Gasteiger partial charge in [0.1, 0.15) is 0 Å². The number of nitrogens with zero attached hydrogens (tertiary/aromatic N) is 5. The number of hydrogen-bond acceptors (Lipinski definition) is 5.